The van der Waals surface area contributed by atoms with Crippen molar-refractivity contribution in [1.29, 1.82) is 0 Å². The number of unbranched alkanes of at least 4 members (excludes halogenated alkanes) is 2. The van der Waals surface area contributed by atoms with Crippen LogP contribution in [0.5, 0.6) is 0 Å². The van der Waals surface area contributed by atoms with Gasteiger partial charge >= 0.3 is 0 Å². The van der Waals surface area contributed by atoms with Gasteiger partial charge in [-0.25, -0.2) is 0 Å². The Kier molecular flexibility index (Phi) is 5.29. The minimum absolute atomic E-state index is 1.03. The quantitative estimate of drug-likeness (QED) is 0.398. The Hall–Kier alpha value is -0.520. The van der Waals surface area contributed by atoms with Crippen molar-refractivity contribution >= 4 is 0 Å². The molecule has 0 unspecified atom stereocenters. The summed E-state index contributed by atoms with van der Waals surface area (Å²) in [5.41, 5.74) is 1.40. The monoisotopic (exact) mass is 123 g/mol. The molecule has 9 heavy (non-hydrogen) atoms. The highest BCUT2D eigenvalue weighted by atomic mass is 13.9. The van der Waals surface area contributed by atoms with Crippen molar-refractivity contribution in [3.05, 3.63) is 24.3 Å². The van der Waals surface area contributed by atoms with Gasteiger partial charge in [0.1, 0.15) is 0 Å². The third-order valence-electron chi connectivity index (χ3n) is 1.13. The van der Waals surface area contributed by atoms with Gasteiger partial charge in [0.25, 0.3) is 0 Å². The molecule has 0 bridgehead atoms. The number of hydrogen-bond donors (Lipinski definition) is 0. The first-order valence-corrected chi connectivity index (χ1v) is 3.44. The lowest BCUT2D eigenvalue weighted by molar-refractivity contribution is 0.863. The Labute approximate surface area is 58.3 Å². The van der Waals surface area contributed by atoms with Crippen LogP contribution < -0.4 is 0 Å². The minimum Gasteiger partial charge on any atom is -0.0859 e. The SMILES string of the molecule is [CH]=CCCCC=C(C)C. The van der Waals surface area contributed by atoms with E-state index in [1.54, 1.807) is 6.08 Å². The van der Waals surface area contributed by atoms with E-state index in [0.717, 1.165) is 12.8 Å². The molecule has 51 valence electrons. The molecule has 1 radical (unpaired) electrons. The van der Waals surface area contributed by atoms with Gasteiger partial charge in [-0.15, -0.1) is 0 Å². The third-order valence-corrected chi connectivity index (χ3v) is 1.13. The topological polar surface area (TPSA) is 0 Å². The highest BCUT2D eigenvalue weighted by molar-refractivity contribution is 4.92. The Balaban J connectivity index is 3.09. The van der Waals surface area contributed by atoms with Gasteiger partial charge in [-0.2, -0.15) is 0 Å². The van der Waals surface area contributed by atoms with Crippen LogP contribution in [0.2, 0.25) is 0 Å². The van der Waals surface area contributed by atoms with Crippen LogP contribution in [0.25, 0.3) is 0 Å². The number of hydrogen-bond acceptors (Lipinski definition) is 0. The van der Waals surface area contributed by atoms with E-state index >= 15 is 0 Å². The molecule has 0 aromatic carbocycles. The summed E-state index contributed by atoms with van der Waals surface area (Å²) >= 11 is 0. The molecule has 0 aliphatic rings. The Morgan fingerprint density at radius 1 is 1.33 bits per heavy atom. The van der Waals surface area contributed by atoms with Crippen molar-refractivity contribution in [2.75, 3.05) is 0 Å². The lowest BCUT2D eigenvalue weighted by Gasteiger charge is -1.89. The van der Waals surface area contributed by atoms with Crippen molar-refractivity contribution < 1.29 is 0 Å². The van der Waals surface area contributed by atoms with Crippen LogP contribution in [0, 0.1) is 6.58 Å². The van der Waals surface area contributed by atoms with E-state index in [9.17, 15) is 0 Å². The Morgan fingerprint density at radius 3 is 2.44 bits per heavy atom. The summed E-state index contributed by atoms with van der Waals surface area (Å²) in [6.07, 6.45) is 7.34. The maximum Gasteiger partial charge on any atom is -0.0345 e. The van der Waals surface area contributed by atoms with Gasteiger partial charge in [-0.1, -0.05) is 24.3 Å². The molecule has 0 atom stereocenters. The minimum atomic E-state index is 1.03. The predicted octanol–water partition coefficient (Wildman–Crippen LogP) is 3.11. The second-order valence-electron chi connectivity index (χ2n) is 2.45. The summed E-state index contributed by atoms with van der Waals surface area (Å²) in [5.74, 6) is 0. The van der Waals surface area contributed by atoms with E-state index in [-0.39, 0.29) is 0 Å². The fraction of sp³-hybridized carbons (Fsp3) is 0.556. The zero-order valence-corrected chi connectivity index (χ0v) is 6.35. The molecule has 0 saturated carbocycles. The molecule has 0 spiro atoms. The predicted molar refractivity (Wildman–Crippen MR) is 42.2 cm³/mol. The molecule has 0 heteroatoms. The molecule has 0 aromatic heterocycles. The van der Waals surface area contributed by atoms with Crippen molar-refractivity contribution in [3.8, 4) is 0 Å². The fourth-order valence-electron chi connectivity index (χ4n) is 0.626. The summed E-state index contributed by atoms with van der Waals surface area (Å²) in [5, 5.41) is 0. The molecule has 0 heterocycles. The second kappa shape index (κ2) is 5.61. The molecule has 0 fully saturated rings. The van der Waals surface area contributed by atoms with E-state index in [1.807, 2.05) is 0 Å². The van der Waals surface area contributed by atoms with E-state index in [1.165, 1.54) is 12.0 Å². The Bertz CT molecular complexity index is 94.6. The van der Waals surface area contributed by atoms with Crippen molar-refractivity contribution in [2.24, 2.45) is 0 Å². The van der Waals surface area contributed by atoms with Crippen LogP contribution in [-0.4, -0.2) is 0 Å². The molecule has 0 nitrogen and oxygen atoms in total. The summed E-state index contributed by atoms with van der Waals surface area (Å²) in [6, 6.07) is 0. The van der Waals surface area contributed by atoms with E-state index in [0.29, 0.717) is 0 Å². The molecule has 0 aromatic rings. The first-order chi connectivity index (χ1) is 4.27. The van der Waals surface area contributed by atoms with Crippen LogP contribution in [0.1, 0.15) is 33.1 Å². The number of rotatable bonds is 4. The van der Waals surface area contributed by atoms with Crippen molar-refractivity contribution in [2.45, 2.75) is 33.1 Å². The van der Waals surface area contributed by atoms with Crippen LogP contribution >= 0.6 is 0 Å². The molecule has 0 aliphatic heterocycles. The van der Waals surface area contributed by atoms with Gasteiger partial charge in [-0.3, -0.25) is 0 Å². The van der Waals surface area contributed by atoms with Crippen LogP contribution in [0.15, 0.2) is 17.7 Å². The van der Waals surface area contributed by atoms with Crippen LogP contribution in [0.3, 0.4) is 0 Å². The van der Waals surface area contributed by atoms with Gasteiger partial charge in [0, 0.05) is 0 Å². The molecule has 0 N–H and O–H groups in total. The largest absolute Gasteiger partial charge is 0.0859 e. The Morgan fingerprint density at radius 2 is 2.00 bits per heavy atom. The molecular weight excluding hydrogens is 108 g/mol. The molecule has 0 amide bonds. The van der Waals surface area contributed by atoms with E-state index < -0.39 is 0 Å². The molecular formula is C9H15. The second-order valence-corrected chi connectivity index (χ2v) is 2.45. The first kappa shape index (κ1) is 8.48. The number of allylic oxidation sites excluding steroid dienone is 3. The molecule has 0 saturated heterocycles. The summed E-state index contributed by atoms with van der Waals surface area (Å²) < 4.78 is 0. The summed E-state index contributed by atoms with van der Waals surface area (Å²) in [6.45, 7) is 9.43. The maximum absolute atomic E-state index is 5.20. The zero-order chi connectivity index (χ0) is 7.11. The molecule has 0 aliphatic carbocycles. The highest BCUT2D eigenvalue weighted by Crippen LogP contribution is 1.99. The van der Waals surface area contributed by atoms with E-state index in [2.05, 4.69) is 19.9 Å². The van der Waals surface area contributed by atoms with E-state index in [4.69, 9.17) is 6.58 Å². The van der Waals surface area contributed by atoms with Crippen molar-refractivity contribution in [3.63, 3.8) is 0 Å². The summed E-state index contributed by atoms with van der Waals surface area (Å²) in [7, 11) is 0. The molecule has 0 rings (SSSR count). The lowest BCUT2D eigenvalue weighted by Crippen LogP contribution is -1.69. The van der Waals surface area contributed by atoms with Gasteiger partial charge in [0.15, 0.2) is 0 Å². The average molecular weight is 123 g/mol. The van der Waals surface area contributed by atoms with Crippen molar-refractivity contribution in [1.82, 2.24) is 0 Å². The smallest absolute Gasteiger partial charge is 0.0345 e. The van der Waals surface area contributed by atoms with Crippen LogP contribution in [0.4, 0.5) is 0 Å². The first-order valence-electron chi connectivity index (χ1n) is 3.44. The zero-order valence-electron chi connectivity index (χ0n) is 6.35. The highest BCUT2D eigenvalue weighted by Gasteiger charge is 1.79. The van der Waals surface area contributed by atoms with Gasteiger partial charge in [0.2, 0.25) is 0 Å². The fourth-order valence-corrected chi connectivity index (χ4v) is 0.626. The standard InChI is InChI=1S/C9H15/c1-4-5-6-7-8-9(2)3/h1,4,8H,5-7H2,2-3H3. The third kappa shape index (κ3) is 7.48. The normalized spacial score (nSPS) is 8.67. The van der Waals surface area contributed by atoms with Gasteiger partial charge in [-0.05, 0) is 33.1 Å². The average Bonchev–Trinajstić information content (AvgIpc) is 1.80. The maximum atomic E-state index is 5.20. The van der Waals surface area contributed by atoms with Gasteiger partial charge in [0.05, 0.1) is 0 Å². The summed E-state index contributed by atoms with van der Waals surface area (Å²) in [4.78, 5) is 0. The lowest BCUT2D eigenvalue weighted by atomic mass is 10.2. The van der Waals surface area contributed by atoms with Crippen LogP contribution in [-0.2, 0) is 0 Å². The van der Waals surface area contributed by atoms with Gasteiger partial charge < -0.3 is 0 Å².